The third-order valence-electron chi connectivity index (χ3n) is 2.93. The molecule has 7 heteroatoms. The number of alkyl halides is 3. The van der Waals surface area contributed by atoms with Gasteiger partial charge >= 0.3 is 6.18 Å². The van der Waals surface area contributed by atoms with Gasteiger partial charge in [0.15, 0.2) is 0 Å². The number of aliphatic hydroxyl groups excluding tert-OH is 1. The summed E-state index contributed by atoms with van der Waals surface area (Å²) in [6, 6.07) is 2.27. The molecule has 1 atom stereocenters. The highest BCUT2D eigenvalue weighted by atomic mass is 19.4. The van der Waals surface area contributed by atoms with Gasteiger partial charge in [-0.3, -0.25) is 0 Å². The standard InChI is InChI=1S/C11H14F3N3O/c12-11(13,14)9-2-1-7(5-15)10(16-9)17-4-3-8(18)6-17/h1-2,8,18H,3-6,15H2/t8-/m1/s1. The highest BCUT2D eigenvalue weighted by molar-refractivity contribution is 5.49. The lowest BCUT2D eigenvalue weighted by atomic mass is 10.2. The Kier molecular flexibility index (Phi) is 3.45. The van der Waals surface area contributed by atoms with Gasteiger partial charge in [-0.15, -0.1) is 0 Å². The van der Waals surface area contributed by atoms with E-state index < -0.39 is 18.0 Å². The van der Waals surface area contributed by atoms with Gasteiger partial charge in [0.2, 0.25) is 0 Å². The van der Waals surface area contributed by atoms with Crippen LogP contribution in [0.1, 0.15) is 17.7 Å². The van der Waals surface area contributed by atoms with Gasteiger partial charge in [-0.2, -0.15) is 13.2 Å². The first kappa shape index (κ1) is 13.1. The number of hydrogen-bond acceptors (Lipinski definition) is 4. The van der Waals surface area contributed by atoms with Crippen LogP contribution in [-0.4, -0.2) is 29.3 Å². The van der Waals surface area contributed by atoms with Gasteiger partial charge in [0, 0.05) is 25.2 Å². The molecule has 1 aromatic rings. The van der Waals surface area contributed by atoms with Crippen LogP contribution < -0.4 is 10.6 Å². The maximum atomic E-state index is 12.6. The molecule has 18 heavy (non-hydrogen) atoms. The monoisotopic (exact) mass is 261 g/mol. The first-order chi connectivity index (χ1) is 8.41. The van der Waals surface area contributed by atoms with Crippen molar-refractivity contribution in [2.45, 2.75) is 25.2 Å². The molecular weight excluding hydrogens is 247 g/mol. The van der Waals surface area contributed by atoms with Crippen molar-refractivity contribution in [2.75, 3.05) is 18.0 Å². The Hall–Kier alpha value is -1.34. The number of nitrogens with zero attached hydrogens (tertiary/aromatic N) is 2. The highest BCUT2D eigenvalue weighted by Crippen LogP contribution is 2.31. The smallest absolute Gasteiger partial charge is 0.391 e. The van der Waals surface area contributed by atoms with Gasteiger partial charge in [0.05, 0.1) is 6.10 Å². The van der Waals surface area contributed by atoms with Crippen LogP contribution in [0.2, 0.25) is 0 Å². The Morgan fingerprint density at radius 1 is 1.44 bits per heavy atom. The van der Waals surface area contributed by atoms with Crippen molar-refractivity contribution in [3.05, 3.63) is 23.4 Å². The van der Waals surface area contributed by atoms with E-state index in [4.69, 9.17) is 5.73 Å². The van der Waals surface area contributed by atoms with Crippen LogP contribution in [0.4, 0.5) is 19.0 Å². The molecule has 0 bridgehead atoms. The number of pyridine rings is 1. The van der Waals surface area contributed by atoms with E-state index in [2.05, 4.69) is 4.98 Å². The topological polar surface area (TPSA) is 62.4 Å². The minimum absolute atomic E-state index is 0.118. The first-order valence-corrected chi connectivity index (χ1v) is 5.62. The van der Waals surface area contributed by atoms with E-state index in [1.54, 1.807) is 4.90 Å². The van der Waals surface area contributed by atoms with Gasteiger partial charge in [-0.1, -0.05) is 6.07 Å². The van der Waals surface area contributed by atoms with Crippen LogP contribution >= 0.6 is 0 Å². The minimum atomic E-state index is -4.47. The van der Waals surface area contributed by atoms with Gasteiger partial charge in [0.25, 0.3) is 0 Å². The zero-order valence-electron chi connectivity index (χ0n) is 9.61. The Morgan fingerprint density at radius 3 is 2.67 bits per heavy atom. The summed E-state index contributed by atoms with van der Waals surface area (Å²) in [6.07, 6.45) is -4.46. The molecule has 2 rings (SSSR count). The molecule has 0 spiro atoms. The van der Waals surface area contributed by atoms with Gasteiger partial charge in [-0.25, -0.2) is 4.98 Å². The van der Waals surface area contributed by atoms with Crippen molar-refractivity contribution < 1.29 is 18.3 Å². The predicted octanol–water partition coefficient (Wildman–Crippen LogP) is 1.13. The fraction of sp³-hybridized carbons (Fsp3) is 0.545. The molecule has 0 radical (unpaired) electrons. The number of aliphatic hydroxyl groups is 1. The van der Waals surface area contributed by atoms with Gasteiger partial charge in [-0.05, 0) is 12.5 Å². The molecule has 0 saturated carbocycles. The van der Waals surface area contributed by atoms with E-state index in [1.165, 1.54) is 6.07 Å². The quantitative estimate of drug-likeness (QED) is 0.837. The highest BCUT2D eigenvalue weighted by Gasteiger charge is 2.34. The van der Waals surface area contributed by atoms with E-state index in [0.717, 1.165) is 6.07 Å². The van der Waals surface area contributed by atoms with E-state index in [0.29, 0.717) is 25.1 Å². The molecule has 1 fully saturated rings. The van der Waals surface area contributed by atoms with Crippen LogP contribution in [-0.2, 0) is 12.7 Å². The van der Waals surface area contributed by atoms with Crippen LogP contribution in [0.5, 0.6) is 0 Å². The summed E-state index contributed by atoms with van der Waals surface area (Å²) in [5, 5.41) is 9.43. The first-order valence-electron chi connectivity index (χ1n) is 5.62. The molecule has 1 saturated heterocycles. The lowest BCUT2D eigenvalue weighted by molar-refractivity contribution is -0.141. The van der Waals surface area contributed by atoms with E-state index in [9.17, 15) is 18.3 Å². The SMILES string of the molecule is NCc1ccc(C(F)(F)F)nc1N1CC[C@@H](O)C1. The number of halogens is 3. The molecule has 1 aliphatic heterocycles. The van der Waals surface area contributed by atoms with Gasteiger partial charge in [0.1, 0.15) is 11.5 Å². The zero-order chi connectivity index (χ0) is 13.3. The van der Waals surface area contributed by atoms with Crippen molar-refractivity contribution in [1.82, 2.24) is 4.98 Å². The number of aromatic nitrogens is 1. The second-order valence-electron chi connectivity index (χ2n) is 4.27. The Bertz CT molecular complexity index is 436. The number of β-amino-alcohol motifs (C(OH)–C–C–N with tert-alkyl or cyclic N) is 1. The third kappa shape index (κ3) is 2.56. The average Bonchev–Trinajstić information content (AvgIpc) is 2.73. The number of anilines is 1. The normalized spacial score (nSPS) is 20.5. The lowest BCUT2D eigenvalue weighted by Crippen LogP contribution is -2.25. The van der Waals surface area contributed by atoms with Crippen molar-refractivity contribution in [3.8, 4) is 0 Å². The van der Waals surface area contributed by atoms with Crippen molar-refractivity contribution >= 4 is 5.82 Å². The van der Waals surface area contributed by atoms with Gasteiger partial charge < -0.3 is 15.7 Å². The number of hydrogen-bond donors (Lipinski definition) is 2. The summed E-state index contributed by atoms with van der Waals surface area (Å²) < 4.78 is 37.8. The third-order valence-corrected chi connectivity index (χ3v) is 2.93. The fourth-order valence-electron chi connectivity index (χ4n) is 2.00. The molecule has 1 aliphatic rings. The van der Waals surface area contributed by atoms with Crippen molar-refractivity contribution in [1.29, 1.82) is 0 Å². The molecule has 2 heterocycles. The van der Waals surface area contributed by atoms with E-state index >= 15 is 0 Å². The maximum absolute atomic E-state index is 12.6. The van der Waals surface area contributed by atoms with Crippen LogP contribution in [0.15, 0.2) is 12.1 Å². The summed E-state index contributed by atoms with van der Waals surface area (Å²) in [6.45, 7) is 0.900. The summed E-state index contributed by atoms with van der Waals surface area (Å²) in [5.74, 6) is 0.226. The maximum Gasteiger partial charge on any atom is 0.433 e. The second kappa shape index (κ2) is 4.74. The molecule has 1 aromatic heterocycles. The molecule has 3 N–H and O–H groups in total. The lowest BCUT2D eigenvalue weighted by Gasteiger charge is -2.21. The van der Waals surface area contributed by atoms with Crippen molar-refractivity contribution in [2.24, 2.45) is 5.73 Å². The molecular formula is C11H14F3N3O. The molecule has 100 valence electrons. The Balaban J connectivity index is 2.37. The average molecular weight is 261 g/mol. The molecule has 0 aliphatic carbocycles. The molecule has 0 aromatic carbocycles. The van der Waals surface area contributed by atoms with E-state index in [-0.39, 0.29) is 12.4 Å². The number of rotatable bonds is 2. The van der Waals surface area contributed by atoms with E-state index in [1.807, 2.05) is 0 Å². The molecule has 0 unspecified atom stereocenters. The molecule has 0 amide bonds. The zero-order valence-corrected chi connectivity index (χ0v) is 9.61. The minimum Gasteiger partial charge on any atom is -0.391 e. The van der Waals surface area contributed by atoms with Crippen molar-refractivity contribution in [3.63, 3.8) is 0 Å². The summed E-state index contributed by atoms with van der Waals surface area (Å²) in [4.78, 5) is 5.28. The summed E-state index contributed by atoms with van der Waals surface area (Å²) >= 11 is 0. The Morgan fingerprint density at radius 2 is 2.17 bits per heavy atom. The predicted molar refractivity (Wildman–Crippen MR) is 60.0 cm³/mol. The number of nitrogens with two attached hydrogens (primary N) is 1. The van der Waals surface area contributed by atoms with Crippen LogP contribution in [0, 0.1) is 0 Å². The largest absolute Gasteiger partial charge is 0.433 e. The Labute approximate surface area is 102 Å². The summed E-state index contributed by atoms with van der Waals surface area (Å²) in [5.41, 5.74) is 5.12. The van der Waals surface area contributed by atoms with Crippen LogP contribution in [0.25, 0.3) is 0 Å². The van der Waals surface area contributed by atoms with Crippen LogP contribution in [0.3, 0.4) is 0 Å². The summed E-state index contributed by atoms with van der Waals surface area (Å²) in [7, 11) is 0. The fourth-order valence-corrected chi connectivity index (χ4v) is 2.00. The second-order valence-corrected chi connectivity index (χ2v) is 4.27. The molecule has 4 nitrogen and oxygen atoms in total.